The van der Waals surface area contributed by atoms with Crippen LogP contribution in [0.3, 0.4) is 0 Å². The Balaban J connectivity index is 1.81. The second-order valence-electron chi connectivity index (χ2n) is 5.75. The summed E-state index contributed by atoms with van der Waals surface area (Å²) < 4.78 is 0.993. The maximum absolute atomic E-state index is 11.7. The maximum atomic E-state index is 11.7. The normalized spacial score (nSPS) is 21.9. The van der Waals surface area contributed by atoms with Crippen molar-refractivity contribution in [1.29, 1.82) is 0 Å². The number of hydrogen-bond acceptors (Lipinski definition) is 2. The van der Waals surface area contributed by atoms with Crippen molar-refractivity contribution in [2.24, 2.45) is 5.92 Å². The van der Waals surface area contributed by atoms with Gasteiger partial charge in [0.1, 0.15) is 0 Å². The smallest absolute Gasteiger partial charge is 0.308 e. The zero-order valence-electron chi connectivity index (χ0n) is 12.2. The van der Waals surface area contributed by atoms with Crippen LogP contribution in [-0.4, -0.2) is 29.1 Å². The van der Waals surface area contributed by atoms with Crippen molar-refractivity contribution in [3.05, 3.63) is 70.2 Å². The summed E-state index contributed by atoms with van der Waals surface area (Å²) in [7, 11) is 0. The molecule has 0 amide bonds. The Morgan fingerprint density at radius 1 is 1.09 bits per heavy atom. The summed E-state index contributed by atoms with van der Waals surface area (Å²) in [5.74, 6) is -1.05. The van der Waals surface area contributed by atoms with Crippen LogP contribution in [0.15, 0.2) is 59.1 Å². The lowest BCUT2D eigenvalue weighted by atomic mass is 9.89. The lowest BCUT2D eigenvalue weighted by molar-refractivity contribution is -0.141. The molecule has 1 saturated heterocycles. The minimum absolute atomic E-state index is 0.0248. The highest BCUT2D eigenvalue weighted by Crippen LogP contribution is 2.37. The predicted molar refractivity (Wildman–Crippen MR) is 89.7 cm³/mol. The number of aliphatic carboxylic acids is 1. The van der Waals surface area contributed by atoms with Crippen LogP contribution in [0.5, 0.6) is 0 Å². The molecule has 0 radical (unpaired) electrons. The first-order chi connectivity index (χ1) is 10.6. The summed E-state index contributed by atoms with van der Waals surface area (Å²) in [4.78, 5) is 13.9. The number of hydrogen-bond donors (Lipinski definition) is 1. The van der Waals surface area contributed by atoms with Gasteiger partial charge in [0, 0.05) is 30.0 Å². The highest BCUT2D eigenvalue weighted by atomic mass is 79.9. The number of rotatable bonds is 4. The molecule has 114 valence electrons. The van der Waals surface area contributed by atoms with Gasteiger partial charge >= 0.3 is 5.97 Å². The SMILES string of the molecule is O=C(O)[C@@H]1CN(Cc2ccccc2)C[C@H]1c1ccccc1Br. The molecule has 4 heteroatoms. The predicted octanol–water partition coefficient (Wildman–Crippen LogP) is 3.75. The van der Waals surface area contributed by atoms with Crippen LogP contribution < -0.4 is 0 Å². The van der Waals surface area contributed by atoms with Crippen LogP contribution in [0.4, 0.5) is 0 Å². The van der Waals surface area contributed by atoms with Gasteiger partial charge in [-0.25, -0.2) is 0 Å². The van der Waals surface area contributed by atoms with E-state index in [1.165, 1.54) is 5.56 Å². The minimum atomic E-state index is -0.712. The summed E-state index contributed by atoms with van der Waals surface area (Å²) in [6.07, 6.45) is 0. The number of nitrogens with zero attached hydrogens (tertiary/aromatic N) is 1. The Morgan fingerprint density at radius 3 is 2.45 bits per heavy atom. The zero-order chi connectivity index (χ0) is 15.5. The van der Waals surface area contributed by atoms with Crippen LogP contribution >= 0.6 is 15.9 Å². The summed E-state index contributed by atoms with van der Waals surface area (Å²) in [6.45, 7) is 2.16. The summed E-state index contributed by atoms with van der Waals surface area (Å²) >= 11 is 3.56. The highest BCUT2D eigenvalue weighted by Gasteiger charge is 2.39. The largest absolute Gasteiger partial charge is 0.481 e. The maximum Gasteiger partial charge on any atom is 0.308 e. The fourth-order valence-corrected chi connectivity index (χ4v) is 3.78. The van der Waals surface area contributed by atoms with Crippen molar-refractivity contribution in [3.63, 3.8) is 0 Å². The summed E-state index contributed by atoms with van der Waals surface area (Å²) in [5, 5.41) is 9.58. The topological polar surface area (TPSA) is 40.5 Å². The van der Waals surface area contributed by atoms with Gasteiger partial charge in [0.05, 0.1) is 5.92 Å². The Bertz CT molecular complexity index is 659. The van der Waals surface area contributed by atoms with Gasteiger partial charge in [-0.1, -0.05) is 64.5 Å². The fraction of sp³-hybridized carbons (Fsp3) is 0.278. The van der Waals surface area contributed by atoms with E-state index in [4.69, 9.17) is 0 Å². The van der Waals surface area contributed by atoms with Gasteiger partial charge in [-0.2, -0.15) is 0 Å². The van der Waals surface area contributed by atoms with Gasteiger partial charge in [0.15, 0.2) is 0 Å². The Labute approximate surface area is 138 Å². The fourth-order valence-electron chi connectivity index (χ4n) is 3.20. The van der Waals surface area contributed by atoms with Crippen molar-refractivity contribution in [3.8, 4) is 0 Å². The summed E-state index contributed by atoms with van der Waals surface area (Å²) in [5.41, 5.74) is 2.31. The third kappa shape index (κ3) is 3.23. The van der Waals surface area contributed by atoms with Crippen LogP contribution in [0, 0.1) is 5.92 Å². The first kappa shape index (κ1) is 15.3. The van der Waals surface area contributed by atoms with Crippen molar-refractivity contribution < 1.29 is 9.90 Å². The second-order valence-corrected chi connectivity index (χ2v) is 6.61. The molecule has 2 aromatic rings. The standard InChI is InChI=1S/C18H18BrNO2/c19-17-9-5-4-8-14(17)15-11-20(12-16(15)18(21)22)10-13-6-2-1-3-7-13/h1-9,15-16H,10-12H2,(H,21,22)/t15-,16+/m0/s1. The van der Waals surface area contributed by atoms with E-state index in [1.807, 2.05) is 42.5 Å². The molecule has 0 bridgehead atoms. The molecule has 0 unspecified atom stereocenters. The molecular formula is C18H18BrNO2. The molecule has 0 aromatic heterocycles. The zero-order valence-corrected chi connectivity index (χ0v) is 13.7. The molecule has 1 N–H and O–H groups in total. The number of carboxylic acids is 1. The quantitative estimate of drug-likeness (QED) is 0.903. The minimum Gasteiger partial charge on any atom is -0.481 e. The highest BCUT2D eigenvalue weighted by molar-refractivity contribution is 9.10. The number of carboxylic acid groups (broad SMARTS) is 1. The van der Waals surface area contributed by atoms with Gasteiger partial charge in [-0.05, 0) is 17.2 Å². The first-order valence-electron chi connectivity index (χ1n) is 7.38. The molecule has 22 heavy (non-hydrogen) atoms. The van der Waals surface area contributed by atoms with E-state index in [-0.39, 0.29) is 11.8 Å². The van der Waals surface area contributed by atoms with Gasteiger partial charge in [-0.15, -0.1) is 0 Å². The molecule has 1 aliphatic heterocycles. The average molecular weight is 360 g/mol. The van der Waals surface area contributed by atoms with E-state index in [9.17, 15) is 9.90 Å². The van der Waals surface area contributed by atoms with Gasteiger partial charge in [0.2, 0.25) is 0 Å². The van der Waals surface area contributed by atoms with Crippen molar-refractivity contribution in [1.82, 2.24) is 4.90 Å². The average Bonchev–Trinajstić information content (AvgIpc) is 2.92. The third-order valence-electron chi connectivity index (χ3n) is 4.27. The van der Waals surface area contributed by atoms with Crippen LogP contribution in [-0.2, 0) is 11.3 Å². The molecule has 2 atom stereocenters. The van der Waals surface area contributed by atoms with Crippen molar-refractivity contribution >= 4 is 21.9 Å². The van der Waals surface area contributed by atoms with E-state index in [0.29, 0.717) is 6.54 Å². The number of carbonyl (C=O) groups is 1. The molecule has 1 aliphatic rings. The molecule has 3 nitrogen and oxygen atoms in total. The van der Waals surface area contributed by atoms with E-state index < -0.39 is 5.97 Å². The lowest BCUT2D eigenvalue weighted by Crippen LogP contribution is -2.23. The molecule has 0 spiro atoms. The van der Waals surface area contributed by atoms with Crippen molar-refractivity contribution in [2.75, 3.05) is 13.1 Å². The molecule has 0 aliphatic carbocycles. The third-order valence-corrected chi connectivity index (χ3v) is 4.99. The Hall–Kier alpha value is -1.65. The summed E-state index contributed by atoms with van der Waals surface area (Å²) in [6, 6.07) is 18.1. The molecule has 3 rings (SSSR count). The van der Waals surface area contributed by atoms with Crippen LogP contribution in [0.1, 0.15) is 17.0 Å². The Kier molecular flexibility index (Phi) is 4.60. The molecule has 2 aromatic carbocycles. The van der Waals surface area contributed by atoms with Crippen molar-refractivity contribution in [2.45, 2.75) is 12.5 Å². The van der Waals surface area contributed by atoms with E-state index in [0.717, 1.165) is 23.1 Å². The van der Waals surface area contributed by atoms with Gasteiger partial charge in [-0.3, -0.25) is 9.69 Å². The second kappa shape index (κ2) is 6.63. The van der Waals surface area contributed by atoms with E-state index in [2.05, 4.69) is 33.0 Å². The molecule has 1 heterocycles. The number of likely N-dealkylation sites (tertiary alicyclic amines) is 1. The lowest BCUT2D eigenvalue weighted by Gasteiger charge is -2.17. The van der Waals surface area contributed by atoms with E-state index in [1.54, 1.807) is 0 Å². The van der Waals surface area contributed by atoms with Gasteiger partial charge in [0.25, 0.3) is 0 Å². The molecule has 1 fully saturated rings. The van der Waals surface area contributed by atoms with Crippen LogP contribution in [0.25, 0.3) is 0 Å². The number of halogens is 1. The Morgan fingerprint density at radius 2 is 1.77 bits per heavy atom. The van der Waals surface area contributed by atoms with Crippen LogP contribution in [0.2, 0.25) is 0 Å². The van der Waals surface area contributed by atoms with Gasteiger partial charge < -0.3 is 5.11 Å². The monoisotopic (exact) mass is 359 g/mol. The number of benzene rings is 2. The molecule has 0 saturated carbocycles. The van der Waals surface area contributed by atoms with E-state index >= 15 is 0 Å². The molecular weight excluding hydrogens is 342 g/mol. The first-order valence-corrected chi connectivity index (χ1v) is 8.18.